The van der Waals surface area contributed by atoms with Gasteiger partial charge in [-0.25, -0.2) is 4.39 Å². The minimum atomic E-state index is -0.445. The summed E-state index contributed by atoms with van der Waals surface area (Å²) in [7, 11) is 0. The van der Waals surface area contributed by atoms with E-state index in [-0.39, 0.29) is 11.4 Å². The standard InChI is InChI=1S/C21H24FNO2/c22-17-3-1-16(2-4-17)19-6-5-18(25-19)12-23-20-8-14-7-15(9-20)11-21(24,10-14)13-20/h1-6,14-15,23-24H,7-13H2. The van der Waals surface area contributed by atoms with Gasteiger partial charge in [0.1, 0.15) is 17.3 Å². The van der Waals surface area contributed by atoms with Gasteiger partial charge < -0.3 is 14.8 Å². The van der Waals surface area contributed by atoms with Crippen molar-refractivity contribution in [2.75, 3.05) is 0 Å². The molecule has 25 heavy (non-hydrogen) atoms. The van der Waals surface area contributed by atoms with Gasteiger partial charge in [-0.3, -0.25) is 0 Å². The third-order valence-corrected chi connectivity index (χ3v) is 6.46. The van der Waals surface area contributed by atoms with Gasteiger partial charge in [0.05, 0.1) is 12.1 Å². The van der Waals surface area contributed by atoms with Gasteiger partial charge in [0.25, 0.3) is 0 Å². The molecule has 2 unspecified atom stereocenters. The molecule has 4 bridgehead atoms. The molecule has 4 saturated carbocycles. The van der Waals surface area contributed by atoms with Crippen LogP contribution in [0, 0.1) is 17.7 Å². The first-order chi connectivity index (χ1) is 12.0. The fourth-order valence-corrected chi connectivity index (χ4v) is 5.94. The highest BCUT2D eigenvalue weighted by Crippen LogP contribution is 2.57. The van der Waals surface area contributed by atoms with E-state index in [1.165, 1.54) is 31.4 Å². The first kappa shape index (κ1) is 15.6. The summed E-state index contributed by atoms with van der Waals surface area (Å²) in [6.45, 7) is 0.677. The van der Waals surface area contributed by atoms with Crippen LogP contribution in [0.5, 0.6) is 0 Å². The molecule has 1 aromatic carbocycles. The third kappa shape index (κ3) is 2.81. The fourth-order valence-electron chi connectivity index (χ4n) is 5.94. The van der Waals surface area contributed by atoms with Gasteiger partial charge in [0.2, 0.25) is 0 Å². The largest absolute Gasteiger partial charge is 0.460 e. The number of rotatable bonds is 4. The molecule has 0 aliphatic heterocycles. The SMILES string of the molecule is OC12CC3CC(C1)CC(NCc1ccc(-c4ccc(F)cc4)o1)(C3)C2. The van der Waals surface area contributed by atoms with Crippen molar-refractivity contribution in [3.8, 4) is 11.3 Å². The summed E-state index contributed by atoms with van der Waals surface area (Å²) in [4.78, 5) is 0. The quantitative estimate of drug-likeness (QED) is 0.873. The van der Waals surface area contributed by atoms with Crippen molar-refractivity contribution in [3.63, 3.8) is 0 Å². The lowest BCUT2D eigenvalue weighted by Crippen LogP contribution is -2.64. The first-order valence-corrected chi connectivity index (χ1v) is 9.33. The normalized spacial score (nSPS) is 36.1. The molecule has 0 radical (unpaired) electrons. The highest BCUT2D eigenvalue weighted by atomic mass is 19.1. The summed E-state index contributed by atoms with van der Waals surface area (Å²) in [6, 6.07) is 10.3. The van der Waals surface area contributed by atoms with Crippen LogP contribution < -0.4 is 5.32 Å². The van der Waals surface area contributed by atoms with E-state index >= 15 is 0 Å². The predicted octanol–water partition coefficient (Wildman–Crippen LogP) is 4.26. The number of aliphatic hydroxyl groups is 1. The van der Waals surface area contributed by atoms with Crippen LogP contribution in [0.3, 0.4) is 0 Å². The molecular formula is C21H24FNO2. The number of furan rings is 1. The molecule has 4 heteroatoms. The Morgan fingerprint density at radius 2 is 1.76 bits per heavy atom. The van der Waals surface area contributed by atoms with Crippen molar-refractivity contribution in [1.82, 2.24) is 5.32 Å². The van der Waals surface area contributed by atoms with E-state index in [0.717, 1.165) is 36.3 Å². The van der Waals surface area contributed by atoms with E-state index in [1.807, 2.05) is 12.1 Å². The van der Waals surface area contributed by atoms with Crippen molar-refractivity contribution in [2.45, 2.75) is 56.2 Å². The van der Waals surface area contributed by atoms with Crippen LogP contribution in [0.2, 0.25) is 0 Å². The summed E-state index contributed by atoms with van der Waals surface area (Å²) >= 11 is 0. The van der Waals surface area contributed by atoms with Gasteiger partial charge in [-0.1, -0.05) is 0 Å². The topological polar surface area (TPSA) is 45.4 Å². The van der Waals surface area contributed by atoms with Crippen LogP contribution in [-0.2, 0) is 6.54 Å². The first-order valence-electron chi connectivity index (χ1n) is 9.33. The Hall–Kier alpha value is -1.65. The second-order valence-electron chi connectivity index (χ2n) is 8.59. The van der Waals surface area contributed by atoms with Crippen LogP contribution in [0.25, 0.3) is 11.3 Å². The minimum Gasteiger partial charge on any atom is -0.460 e. The summed E-state index contributed by atoms with van der Waals surface area (Å²) in [6.07, 6.45) is 6.50. The number of nitrogens with one attached hydrogen (secondary N) is 1. The lowest BCUT2D eigenvalue weighted by atomic mass is 9.51. The maximum atomic E-state index is 13.1. The molecule has 0 spiro atoms. The van der Waals surface area contributed by atoms with Crippen LogP contribution in [0.15, 0.2) is 40.8 Å². The average Bonchev–Trinajstić information content (AvgIpc) is 3.00. The predicted molar refractivity (Wildman–Crippen MR) is 93.3 cm³/mol. The Morgan fingerprint density at radius 3 is 2.44 bits per heavy atom. The molecule has 0 amide bonds. The monoisotopic (exact) mass is 341 g/mol. The Kier molecular flexibility index (Phi) is 3.38. The number of halogens is 1. The zero-order valence-electron chi connectivity index (χ0n) is 14.3. The lowest BCUT2D eigenvalue weighted by molar-refractivity contribution is -0.143. The highest BCUT2D eigenvalue weighted by molar-refractivity contribution is 5.57. The average molecular weight is 341 g/mol. The van der Waals surface area contributed by atoms with Gasteiger partial charge in [-0.05, 0) is 86.8 Å². The Morgan fingerprint density at radius 1 is 1.04 bits per heavy atom. The molecule has 0 saturated heterocycles. The zero-order chi connectivity index (χ0) is 17.1. The molecule has 2 aromatic rings. The Balaban J connectivity index is 1.30. The number of hydrogen-bond donors (Lipinski definition) is 2. The zero-order valence-corrected chi connectivity index (χ0v) is 14.3. The van der Waals surface area contributed by atoms with Gasteiger partial charge in [-0.15, -0.1) is 0 Å². The minimum absolute atomic E-state index is 0.0711. The molecule has 4 fully saturated rings. The van der Waals surface area contributed by atoms with Crippen molar-refractivity contribution in [1.29, 1.82) is 0 Å². The Bertz CT molecular complexity index is 767. The van der Waals surface area contributed by atoms with E-state index in [9.17, 15) is 9.50 Å². The van der Waals surface area contributed by atoms with Crippen LogP contribution in [0.4, 0.5) is 4.39 Å². The molecule has 1 aromatic heterocycles. The maximum Gasteiger partial charge on any atom is 0.134 e. The van der Waals surface area contributed by atoms with Gasteiger partial charge in [0, 0.05) is 11.1 Å². The van der Waals surface area contributed by atoms with E-state index in [0.29, 0.717) is 18.4 Å². The number of benzene rings is 1. The van der Waals surface area contributed by atoms with E-state index in [4.69, 9.17) is 4.42 Å². The van der Waals surface area contributed by atoms with Crippen molar-refractivity contribution in [3.05, 3.63) is 48.0 Å². The maximum absolute atomic E-state index is 13.1. The second kappa shape index (κ2) is 5.42. The molecule has 4 aliphatic carbocycles. The summed E-state index contributed by atoms with van der Waals surface area (Å²) < 4.78 is 19.0. The van der Waals surface area contributed by atoms with Gasteiger partial charge in [-0.2, -0.15) is 0 Å². The van der Waals surface area contributed by atoms with Crippen LogP contribution in [-0.4, -0.2) is 16.2 Å². The molecule has 4 aliphatic rings. The van der Waals surface area contributed by atoms with E-state index < -0.39 is 5.60 Å². The fraction of sp³-hybridized carbons (Fsp3) is 0.524. The summed E-state index contributed by atoms with van der Waals surface area (Å²) in [5.41, 5.74) is 0.512. The molecule has 1 heterocycles. The molecule has 2 N–H and O–H groups in total. The van der Waals surface area contributed by atoms with E-state index in [2.05, 4.69) is 5.32 Å². The molecule has 2 atom stereocenters. The highest BCUT2D eigenvalue weighted by Gasteiger charge is 2.56. The lowest BCUT2D eigenvalue weighted by Gasteiger charge is -2.60. The molecule has 3 nitrogen and oxygen atoms in total. The van der Waals surface area contributed by atoms with Crippen molar-refractivity contribution < 1.29 is 13.9 Å². The summed E-state index contributed by atoms with van der Waals surface area (Å²) in [5, 5.41) is 14.6. The van der Waals surface area contributed by atoms with Crippen LogP contribution in [0.1, 0.15) is 44.3 Å². The summed E-state index contributed by atoms with van der Waals surface area (Å²) in [5.74, 6) is 2.76. The molecule has 132 valence electrons. The van der Waals surface area contributed by atoms with Crippen LogP contribution >= 0.6 is 0 Å². The van der Waals surface area contributed by atoms with Crippen molar-refractivity contribution in [2.24, 2.45) is 11.8 Å². The molecule has 6 rings (SSSR count). The second-order valence-corrected chi connectivity index (χ2v) is 8.59. The van der Waals surface area contributed by atoms with Gasteiger partial charge in [0.15, 0.2) is 0 Å². The Labute approximate surface area is 147 Å². The molecular weight excluding hydrogens is 317 g/mol. The smallest absolute Gasteiger partial charge is 0.134 e. The van der Waals surface area contributed by atoms with Gasteiger partial charge >= 0.3 is 0 Å². The van der Waals surface area contributed by atoms with Crippen molar-refractivity contribution >= 4 is 0 Å². The number of hydrogen-bond acceptors (Lipinski definition) is 3. The van der Waals surface area contributed by atoms with E-state index in [1.54, 1.807) is 12.1 Å². The third-order valence-electron chi connectivity index (χ3n) is 6.46.